The lowest BCUT2D eigenvalue weighted by molar-refractivity contribution is -0.131. The topological polar surface area (TPSA) is 77.8 Å². The van der Waals surface area contributed by atoms with Gasteiger partial charge in [-0.05, 0) is 19.3 Å². The summed E-state index contributed by atoms with van der Waals surface area (Å²) in [5.41, 5.74) is 0. The van der Waals surface area contributed by atoms with Crippen LogP contribution in [0.1, 0.15) is 19.3 Å². The summed E-state index contributed by atoms with van der Waals surface area (Å²) in [6.07, 6.45) is 2.68. The molecule has 0 aliphatic rings. The van der Waals surface area contributed by atoms with Gasteiger partial charge in [-0.1, -0.05) is 6.08 Å². The average Bonchev–Trinajstić information content (AvgIpc) is 1.85. The Kier molecular flexibility index (Phi) is 5.42. The van der Waals surface area contributed by atoms with Crippen molar-refractivity contribution in [3.05, 3.63) is 12.2 Å². The lowest BCUT2D eigenvalue weighted by Crippen LogP contribution is -2.02. The number of rotatable bonds is 5. The number of aliphatic hydroxyl groups is 2. The van der Waals surface area contributed by atoms with Crippen LogP contribution in [0.15, 0.2) is 12.2 Å². The first-order valence-electron chi connectivity index (χ1n) is 3.38. The molecule has 0 aliphatic carbocycles. The Morgan fingerprint density at radius 2 is 2.09 bits per heavy atom. The Morgan fingerprint density at radius 3 is 2.55 bits per heavy atom. The van der Waals surface area contributed by atoms with Crippen molar-refractivity contribution in [3.8, 4) is 0 Å². The summed E-state index contributed by atoms with van der Waals surface area (Å²) < 4.78 is 0. The van der Waals surface area contributed by atoms with Gasteiger partial charge in [-0.2, -0.15) is 0 Å². The van der Waals surface area contributed by atoms with E-state index in [1.165, 1.54) is 6.08 Å². The first-order chi connectivity index (χ1) is 5.13. The SMILES string of the molecule is O=C(O)/C=C/CCCC(O)O. The van der Waals surface area contributed by atoms with Crippen molar-refractivity contribution in [2.75, 3.05) is 0 Å². The lowest BCUT2D eigenvalue weighted by Gasteiger charge is -1.98. The quantitative estimate of drug-likeness (QED) is 0.303. The van der Waals surface area contributed by atoms with Crippen molar-refractivity contribution in [2.24, 2.45) is 0 Å². The molecule has 0 heterocycles. The van der Waals surface area contributed by atoms with Crippen molar-refractivity contribution >= 4 is 5.97 Å². The molecule has 0 radical (unpaired) electrons. The van der Waals surface area contributed by atoms with E-state index in [-0.39, 0.29) is 6.42 Å². The molecule has 0 spiro atoms. The molecular weight excluding hydrogens is 148 g/mol. The second-order valence-corrected chi connectivity index (χ2v) is 2.15. The fourth-order valence-corrected chi connectivity index (χ4v) is 0.602. The van der Waals surface area contributed by atoms with E-state index >= 15 is 0 Å². The predicted octanol–water partition coefficient (Wildman–Crippen LogP) is 0.108. The predicted molar refractivity (Wildman–Crippen MR) is 38.9 cm³/mol. The zero-order valence-corrected chi connectivity index (χ0v) is 6.10. The van der Waals surface area contributed by atoms with Crippen LogP contribution in [0.25, 0.3) is 0 Å². The van der Waals surface area contributed by atoms with E-state index in [1.54, 1.807) is 0 Å². The van der Waals surface area contributed by atoms with E-state index in [0.29, 0.717) is 12.8 Å². The minimum Gasteiger partial charge on any atom is -0.478 e. The average molecular weight is 160 g/mol. The van der Waals surface area contributed by atoms with E-state index < -0.39 is 12.3 Å². The van der Waals surface area contributed by atoms with Gasteiger partial charge in [-0.15, -0.1) is 0 Å². The van der Waals surface area contributed by atoms with Crippen LogP contribution in [0.3, 0.4) is 0 Å². The molecule has 0 atom stereocenters. The smallest absolute Gasteiger partial charge is 0.327 e. The van der Waals surface area contributed by atoms with Crippen LogP contribution in [-0.4, -0.2) is 27.6 Å². The fourth-order valence-electron chi connectivity index (χ4n) is 0.602. The number of allylic oxidation sites excluding steroid dienone is 1. The molecule has 0 saturated carbocycles. The number of aliphatic carboxylic acids is 1. The summed E-state index contributed by atoms with van der Waals surface area (Å²) >= 11 is 0. The molecule has 0 aromatic heterocycles. The van der Waals surface area contributed by atoms with E-state index in [4.69, 9.17) is 15.3 Å². The van der Waals surface area contributed by atoms with Gasteiger partial charge in [0, 0.05) is 6.08 Å². The zero-order chi connectivity index (χ0) is 8.69. The summed E-state index contributed by atoms with van der Waals surface area (Å²) in [4.78, 5) is 9.91. The fraction of sp³-hybridized carbons (Fsp3) is 0.571. The molecular formula is C7H12O4. The first-order valence-corrected chi connectivity index (χ1v) is 3.38. The van der Waals surface area contributed by atoms with E-state index in [2.05, 4.69) is 0 Å². The summed E-state index contributed by atoms with van der Waals surface area (Å²) in [6, 6.07) is 0. The molecule has 64 valence electrons. The molecule has 0 unspecified atom stereocenters. The number of hydrogen-bond acceptors (Lipinski definition) is 3. The highest BCUT2D eigenvalue weighted by Gasteiger charge is 1.94. The van der Waals surface area contributed by atoms with Gasteiger partial charge in [-0.25, -0.2) is 4.79 Å². The van der Waals surface area contributed by atoms with Gasteiger partial charge in [0.15, 0.2) is 6.29 Å². The van der Waals surface area contributed by atoms with Gasteiger partial charge >= 0.3 is 5.97 Å². The lowest BCUT2D eigenvalue weighted by atomic mass is 10.2. The number of carboxylic acids is 1. The number of unbranched alkanes of at least 4 members (excludes halogenated alkanes) is 1. The molecule has 0 fully saturated rings. The molecule has 0 saturated heterocycles. The first kappa shape index (κ1) is 10.1. The van der Waals surface area contributed by atoms with Gasteiger partial charge in [0.25, 0.3) is 0 Å². The molecule has 0 aromatic rings. The highest BCUT2D eigenvalue weighted by molar-refractivity contribution is 5.79. The van der Waals surface area contributed by atoms with Crippen LogP contribution in [-0.2, 0) is 4.79 Å². The summed E-state index contributed by atoms with van der Waals surface area (Å²) in [5, 5.41) is 24.9. The van der Waals surface area contributed by atoms with Crippen molar-refractivity contribution in [3.63, 3.8) is 0 Å². The van der Waals surface area contributed by atoms with Crippen molar-refractivity contribution in [1.82, 2.24) is 0 Å². The number of aliphatic hydroxyl groups excluding tert-OH is 1. The Hall–Kier alpha value is -0.870. The minimum absolute atomic E-state index is 0.282. The summed E-state index contributed by atoms with van der Waals surface area (Å²) in [5.74, 6) is -0.977. The number of hydrogen-bond donors (Lipinski definition) is 3. The number of carboxylic acid groups (broad SMARTS) is 1. The maximum absolute atomic E-state index is 9.91. The van der Waals surface area contributed by atoms with Crippen LogP contribution < -0.4 is 0 Å². The molecule has 0 amide bonds. The molecule has 4 nitrogen and oxygen atoms in total. The Labute approximate surface area is 64.8 Å². The Balaban J connectivity index is 3.21. The maximum Gasteiger partial charge on any atom is 0.327 e. The monoisotopic (exact) mass is 160 g/mol. The van der Waals surface area contributed by atoms with Crippen molar-refractivity contribution in [2.45, 2.75) is 25.6 Å². The van der Waals surface area contributed by atoms with Crippen LogP contribution in [0.2, 0.25) is 0 Å². The molecule has 0 bridgehead atoms. The van der Waals surface area contributed by atoms with Gasteiger partial charge in [-0.3, -0.25) is 0 Å². The van der Waals surface area contributed by atoms with Crippen LogP contribution >= 0.6 is 0 Å². The molecule has 4 heteroatoms. The Bertz CT molecular complexity index is 139. The molecule has 0 rings (SSSR count). The van der Waals surface area contributed by atoms with Gasteiger partial charge in [0.1, 0.15) is 0 Å². The second kappa shape index (κ2) is 5.88. The van der Waals surface area contributed by atoms with E-state index in [9.17, 15) is 4.79 Å². The minimum atomic E-state index is -1.28. The van der Waals surface area contributed by atoms with Gasteiger partial charge < -0.3 is 15.3 Å². The zero-order valence-electron chi connectivity index (χ0n) is 6.10. The third-order valence-corrected chi connectivity index (χ3v) is 1.09. The molecule has 0 aliphatic heterocycles. The van der Waals surface area contributed by atoms with Crippen LogP contribution in [0.4, 0.5) is 0 Å². The van der Waals surface area contributed by atoms with Crippen molar-refractivity contribution < 1.29 is 20.1 Å². The van der Waals surface area contributed by atoms with E-state index in [0.717, 1.165) is 6.08 Å². The van der Waals surface area contributed by atoms with Gasteiger partial charge in [0.2, 0.25) is 0 Å². The van der Waals surface area contributed by atoms with Crippen LogP contribution in [0.5, 0.6) is 0 Å². The molecule has 0 aromatic carbocycles. The highest BCUT2D eigenvalue weighted by atomic mass is 16.5. The molecule has 11 heavy (non-hydrogen) atoms. The molecule has 3 N–H and O–H groups in total. The Morgan fingerprint density at radius 1 is 1.45 bits per heavy atom. The van der Waals surface area contributed by atoms with E-state index in [1.807, 2.05) is 0 Å². The standard InChI is InChI=1S/C7H12O4/c8-6(9)4-2-1-3-5-7(10)11/h2,4,7,10-11H,1,3,5H2,(H,8,9)/b4-2+. The summed E-state index contributed by atoms with van der Waals surface area (Å²) in [6.45, 7) is 0. The third kappa shape index (κ3) is 9.13. The number of carbonyl (C=O) groups is 1. The normalized spacial score (nSPS) is 11.2. The highest BCUT2D eigenvalue weighted by Crippen LogP contribution is 1.98. The third-order valence-electron chi connectivity index (χ3n) is 1.09. The second-order valence-electron chi connectivity index (χ2n) is 2.15. The van der Waals surface area contributed by atoms with Crippen molar-refractivity contribution in [1.29, 1.82) is 0 Å². The van der Waals surface area contributed by atoms with Gasteiger partial charge in [0.05, 0.1) is 0 Å². The maximum atomic E-state index is 9.91. The van der Waals surface area contributed by atoms with Crippen LogP contribution in [0, 0.1) is 0 Å². The largest absolute Gasteiger partial charge is 0.478 e. The summed E-state index contributed by atoms with van der Waals surface area (Å²) in [7, 11) is 0.